The maximum Gasteiger partial charge on any atom is 0.647 e. The molecule has 0 atom stereocenters. The van der Waals surface area contributed by atoms with E-state index in [9.17, 15) is 9.67 Å². The Bertz CT molecular complexity index is 1280. The molecule has 0 fully saturated rings. The van der Waals surface area contributed by atoms with E-state index in [2.05, 4.69) is 13.8 Å². The second-order valence-electron chi connectivity index (χ2n) is 8.82. The fourth-order valence-corrected chi connectivity index (χ4v) is 5.38. The molecule has 0 aliphatic heterocycles. The molecule has 0 aromatic heterocycles. The minimum atomic E-state index is -4.17. The first-order chi connectivity index (χ1) is 17.5. The lowest BCUT2D eigenvalue weighted by molar-refractivity contribution is 0.298. The van der Waals surface area contributed by atoms with E-state index < -0.39 is 7.82 Å². The topological polar surface area (TPSA) is 65.0 Å². The molecule has 0 saturated carbocycles. The van der Waals surface area contributed by atoms with Crippen molar-refractivity contribution in [2.45, 2.75) is 52.4 Å². The van der Waals surface area contributed by atoms with Crippen LogP contribution in [0, 0.1) is 0 Å². The molecule has 0 heterocycles. The molecule has 4 aromatic carbocycles. The van der Waals surface area contributed by atoms with Crippen LogP contribution in [-0.2, 0) is 17.4 Å². The second kappa shape index (κ2) is 12.0. The summed E-state index contributed by atoms with van der Waals surface area (Å²) in [7, 11) is -4.17. The summed E-state index contributed by atoms with van der Waals surface area (Å²) < 4.78 is 32.1. The molecule has 4 rings (SSSR count). The highest BCUT2D eigenvalue weighted by Crippen LogP contribution is 2.52. The van der Waals surface area contributed by atoms with Crippen molar-refractivity contribution in [3.63, 3.8) is 0 Å². The van der Waals surface area contributed by atoms with Gasteiger partial charge in [0.2, 0.25) is 0 Å². The Morgan fingerprint density at radius 1 is 0.694 bits per heavy atom. The number of phenolic OH excluding ortho intramolecular Hbond substituents is 1. The first-order valence-electron chi connectivity index (χ1n) is 12.6. The van der Waals surface area contributed by atoms with Crippen LogP contribution in [0.25, 0.3) is 10.8 Å². The van der Waals surface area contributed by atoms with Gasteiger partial charge in [-0.2, -0.15) is 4.57 Å². The van der Waals surface area contributed by atoms with Gasteiger partial charge in [0.25, 0.3) is 0 Å². The van der Waals surface area contributed by atoms with Crippen molar-refractivity contribution in [2.24, 2.45) is 0 Å². The summed E-state index contributed by atoms with van der Waals surface area (Å²) in [6, 6.07) is 25.4. The summed E-state index contributed by atoms with van der Waals surface area (Å²) in [6.45, 7) is 4.25. The van der Waals surface area contributed by atoms with Crippen molar-refractivity contribution in [3.05, 3.63) is 96.1 Å². The molecular formula is C30H33O5P. The Morgan fingerprint density at radius 2 is 1.28 bits per heavy atom. The van der Waals surface area contributed by atoms with Crippen LogP contribution in [0.4, 0.5) is 0 Å². The van der Waals surface area contributed by atoms with Gasteiger partial charge in [-0.3, -0.25) is 0 Å². The van der Waals surface area contributed by atoms with Gasteiger partial charge in [-0.05, 0) is 73.2 Å². The van der Waals surface area contributed by atoms with Crippen LogP contribution in [0.3, 0.4) is 0 Å². The van der Waals surface area contributed by atoms with Crippen LogP contribution in [0.5, 0.6) is 23.0 Å². The van der Waals surface area contributed by atoms with Gasteiger partial charge in [0, 0.05) is 10.8 Å². The fraction of sp³-hybridized carbons (Fsp3) is 0.267. The monoisotopic (exact) mass is 504 g/mol. The summed E-state index contributed by atoms with van der Waals surface area (Å²) in [5.41, 5.74) is 1.90. The number of unbranched alkanes of at least 4 members (excludes halogenated alkanes) is 2. The largest absolute Gasteiger partial charge is 0.647 e. The van der Waals surface area contributed by atoms with Crippen molar-refractivity contribution in [1.82, 2.24) is 0 Å². The highest BCUT2D eigenvalue weighted by molar-refractivity contribution is 7.49. The van der Waals surface area contributed by atoms with Gasteiger partial charge in [-0.1, -0.05) is 75.2 Å². The number of phenols is 1. The normalized spacial score (nSPS) is 11.4. The van der Waals surface area contributed by atoms with Crippen LogP contribution in [-0.4, -0.2) is 5.11 Å². The van der Waals surface area contributed by atoms with E-state index in [1.165, 1.54) is 0 Å². The van der Waals surface area contributed by atoms with Gasteiger partial charge in [0.15, 0.2) is 0 Å². The average Bonchev–Trinajstić information content (AvgIpc) is 2.89. The molecule has 5 nitrogen and oxygen atoms in total. The Kier molecular flexibility index (Phi) is 8.56. The average molecular weight is 505 g/mol. The van der Waals surface area contributed by atoms with E-state index >= 15 is 0 Å². The number of phosphoric ester groups is 1. The Balaban J connectivity index is 1.80. The molecule has 0 amide bonds. The van der Waals surface area contributed by atoms with E-state index in [0.717, 1.165) is 43.2 Å². The molecule has 0 spiro atoms. The number of aryl methyl sites for hydroxylation is 2. The number of hydrogen-bond donors (Lipinski definition) is 1. The lowest BCUT2D eigenvalue weighted by Crippen LogP contribution is -2.09. The molecule has 0 radical (unpaired) electrons. The number of benzene rings is 4. The molecule has 0 unspecified atom stereocenters. The summed E-state index contributed by atoms with van der Waals surface area (Å²) >= 11 is 0. The lowest BCUT2D eigenvalue weighted by atomic mass is 9.97. The van der Waals surface area contributed by atoms with Crippen LogP contribution < -0.4 is 13.6 Å². The van der Waals surface area contributed by atoms with Gasteiger partial charge < -0.3 is 18.7 Å². The van der Waals surface area contributed by atoms with Crippen molar-refractivity contribution < 1.29 is 23.2 Å². The van der Waals surface area contributed by atoms with Crippen LogP contribution in [0.15, 0.2) is 84.9 Å². The third kappa shape index (κ3) is 6.41. The van der Waals surface area contributed by atoms with Gasteiger partial charge in [-0.25, -0.2) is 0 Å². The first-order valence-corrected chi connectivity index (χ1v) is 14.0. The van der Waals surface area contributed by atoms with E-state index in [-0.39, 0.29) is 5.75 Å². The summed E-state index contributed by atoms with van der Waals surface area (Å²) in [5, 5.41) is 12.2. The predicted molar refractivity (Wildman–Crippen MR) is 145 cm³/mol. The van der Waals surface area contributed by atoms with E-state index in [1.807, 2.05) is 30.3 Å². The van der Waals surface area contributed by atoms with E-state index in [1.54, 1.807) is 54.6 Å². The van der Waals surface area contributed by atoms with Crippen molar-refractivity contribution in [3.8, 4) is 23.0 Å². The molecule has 4 aromatic rings. The highest BCUT2D eigenvalue weighted by atomic mass is 31.2. The Labute approximate surface area is 213 Å². The van der Waals surface area contributed by atoms with Crippen molar-refractivity contribution >= 4 is 18.6 Å². The maximum absolute atomic E-state index is 14.2. The highest BCUT2D eigenvalue weighted by Gasteiger charge is 2.35. The number of para-hydroxylation sites is 2. The molecular weight excluding hydrogens is 471 g/mol. The zero-order valence-corrected chi connectivity index (χ0v) is 21.7. The lowest BCUT2D eigenvalue weighted by Gasteiger charge is -2.22. The number of hydrogen-bond acceptors (Lipinski definition) is 5. The minimum absolute atomic E-state index is 0.185. The summed E-state index contributed by atoms with van der Waals surface area (Å²) in [4.78, 5) is 0. The molecule has 188 valence electrons. The van der Waals surface area contributed by atoms with E-state index in [0.29, 0.717) is 34.4 Å². The molecule has 0 bridgehead atoms. The standard InChI is InChI=1S/C30H33O5P/c1-3-5-13-23-19-20-27-28(21-23)29(31)22-24(14-6-4-2)30(27)35-36(32,33-25-15-9-7-10-16-25)34-26-17-11-8-12-18-26/h7-12,15-22,31H,3-6,13-14H2,1-2H3. The SMILES string of the molecule is CCCCc1ccc2c(OP(=O)(Oc3ccccc3)Oc3ccccc3)c(CCCC)cc(O)c2c1. The summed E-state index contributed by atoms with van der Waals surface area (Å²) in [6.07, 6.45) is 5.59. The number of aromatic hydroxyl groups is 1. The number of phosphoric acid groups is 1. The molecule has 1 N–H and O–H groups in total. The number of rotatable bonds is 12. The smallest absolute Gasteiger partial charge is 0.507 e. The minimum Gasteiger partial charge on any atom is -0.507 e. The van der Waals surface area contributed by atoms with E-state index in [4.69, 9.17) is 13.6 Å². The van der Waals surface area contributed by atoms with Crippen LogP contribution >= 0.6 is 7.82 Å². The van der Waals surface area contributed by atoms with Crippen molar-refractivity contribution in [1.29, 1.82) is 0 Å². The predicted octanol–water partition coefficient (Wildman–Crippen LogP) is 8.88. The Hall–Kier alpha value is -3.43. The number of fused-ring (bicyclic) bond motifs is 1. The van der Waals surface area contributed by atoms with Crippen LogP contribution in [0.2, 0.25) is 0 Å². The second-order valence-corrected chi connectivity index (χ2v) is 10.3. The van der Waals surface area contributed by atoms with Gasteiger partial charge >= 0.3 is 7.82 Å². The Morgan fingerprint density at radius 3 is 1.86 bits per heavy atom. The zero-order chi connectivity index (χ0) is 25.4. The quantitative estimate of drug-likeness (QED) is 0.195. The van der Waals surface area contributed by atoms with Crippen molar-refractivity contribution in [2.75, 3.05) is 0 Å². The zero-order valence-electron chi connectivity index (χ0n) is 20.9. The molecule has 6 heteroatoms. The van der Waals surface area contributed by atoms with Gasteiger partial charge in [0.05, 0.1) is 0 Å². The third-order valence-corrected chi connectivity index (χ3v) is 7.22. The molecule has 0 saturated heterocycles. The van der Waals surface area contributed by atoms with Crippen LogP contribution in [0.1, 0.15) is 50.7 Å². The third-order valence-electron chi connectivity index (χ3n) is 5.95. The fourth-order valence-electron chi connectivity index (χ4n) is 4.07. The first kappa shape index (κ1) is 25.7. The van der Waals surface area contributed by atoms with Gasteiger partial charge in [-0.15, -0.1) is 0 Å². The van der Waals surface area contributed by atoms with Gasteiger partial charge in [0.1, 0.15) is 23.0 Å². The maximum atomic E-state index is 14.2. The summed E-state index contributed by atoms with van der Waals surface area (Å²) in [5.74, 6) is 1.34. The molecule has 36 heavy (non-hydrogen) atoms. The molecule has 0 aliphatic rings. The molecule has 0 aliphatic carbocycles.